The van der Waals surface area contributed by atoms with Gasteiger partial charge in [0.25, 0.3) is 0 Å². The Labute approximate surface area is 100 Å². The van der Waals surface area contributed by atoms with Gasteiger partial charge in [-0.25, -0.2) is 0 Å². The highest BCUT2D eigenvalue weighted by Crippen LogP contribution is 2.43. The lowest BCUT2D eigenvalue weighted by Crippen LogP contribution is -2.49. The number of likely N-dealkylation sites (tertiary alicyclic amines) is 1. The Morgan fingerprint density at radius 3 is 2.44 bits per heavy atom. The van der Waals surface area contributed by atoms with E-state index in [0.29, 0.717) is 18.1 Å². The van der Waals surface area contributed by atoms with Crippen LogP contribution in [0.2, 0.25) is 0 Å². The van der Waals surface area contributed by atoms with Gasteiger partial charge in [-0.1, -0.05) is 20.8 Å². The lowest BCUT2D eigenvalue weighted by Gasteiger charge is -2.37. The molecule has 2 nitrogen and oxygen atoms in total. The maximum atomic E-state index is 10.5. The van der Waals surface area contributed by atoms with Gasteiger partial charge in [-0.05, 0) is 44.4 Å². The van der Waals surface area contributed by atoms with Crippen LogP contribution in [0.3, 0.4) is 0 Å². The van der Waals surface area contributed by atoms with Crippen LogP contribution in [0.15, 0.2) is 0 Å². The third kappa shape index (κ3) is 1.91. The Morgan fingerprint density at radius 2 is 1.94 bits per heavy atom. The van der Waals surface area contributed by atoms with E-state index in [1.165, 1.54) is 32.1 Å². The minimum atomic E-state index is -0.137. The summed E-state index contributed by atoms with van der Waals surface area (Å²) in [5.74, 6) is 0. The standard InChI is InChI=1S/C14H27NO/c1-5-11-7-6-10(2)15(11)12-8-9-14(3,4)13(12)16/h10-13,16H,5-9H2,1-4H3. The first-order valence-electron chi connectivity index (χ1n) is 6.93. The summed E-state index contributed by atoms with van der Waals surface area (Å²) in [6, 6.07) is 1.79. The molecule has 0 radical (unpaired) electrons. The third-order valence-corrected chi connectivity index (χ3v) is 4.95. The van der Waals surface area contributed by atoms with E-state index in [0.717, 1.165) is 0 Å². The summed E-state index contributed by atoms with van der Waals surface area (Å²) < 4.78 is 0. The number of rotatable bonds is 2. The topological polar surface area (TPSA) is 23.5 Å². The molecule has 0 aromatic heterocycles. The Kier molecular flexibility index (Phi) is 3.33. The van der Waals surface area contributed by atoms with Crippen molar-refractivity contribution in [3.63, 3.8) is 0 Å². The second-order valence-electron chi connectivity index (χ2n) is 6.48. The fourth-order valence-corrected chi connectivity index (χ4v) is 3.76. The van der Waals surface area contributed by atoms with Crippen LogP contribution >= 0.6 is 0 Å². The van der Waals surface area contributed by atoms with Crippen LogP contribution in [-0.2, 0) is 0 Å². The smallest absolute Gasteiger partial charge is 0.0746 e. The first kappa shape index (κ1) is 12.4. The molecule has 16 heavy (non-hydrogen) atoms. The fraction of sp³-hybridized carbons (Fsp3) is 1.00. The molecule has 94 valence electrons. The molecule has 4 unspecified atom stereocenters. The summed E-state index contributed by atoms with van der Waals surface area (Å²) in [5.41, 5.74) is 0.116. The molecule has 1 heterocycles. The van der Waals surface area contributed by atoms with Gasteiger partial charge in [0.2, 0.25) is 0 Å². The van der Waals surface area contributed by atoms with Gasteiger partial charge >= 0.3 is 0 Å². The molecule has 0 amide bonds. The molecule has 2 fully saturated rings. The molecule has 2 rings (SSSR count). The van der Waals surface area contributed by atoms with Gasteiger partial charge < -0.3 is 5.11 Å². The Balaban J connectivity index is 2.12. The SMILES string of the molecule is CCC1CCC(C)N1C1CCC(C)(C)C1O. The van der Waals surface area contributed by atoms with Gasteiger partial charge in [0.15, 0.2) is 0 Å². The molecule has 2 aliphatic rings. The molecule has 4 atom stereocenters. The van der Waals surface area contributed by atoms with Crippen molar-refractivity contribution >= 4 is 0 Å². The zero-order chi connectivity index (χ0) is 11.9. The maximum absolute atomic E-state index is 10.5. The van der Waals surface area contributed by atoms with E-state index in [4.69, 9.17) is 0 Å². The highest BCUT2D eigenvalue weighted by Gasteiger charge is 2.47. The first-order chi connectivity index (χ1) is 7.47. The minimum absolute atomic E-state index is 0.116. The Morgan fingerprint density at radius 1 is 1.25 bits per heavy atom. The van der Waals surface area contributed by atoms with Crippen LogP contribution in [0.4, 0.5) is 0 Å². The second kappa shape index (κ2) is 4.30. The van der Waals surface area contributed by atoms with Crippen LogP contribution in [0, 0.1) is 5.41 Å². The number of aliphatic hydroxyl groups excluding tert-OH is 1. The predicted octanol–water partition coefficient (Wildman–Crippen LogP) is 2.80. The number of hydrogen-bond donors (Lipinski definition) is 1. The second-order valence-corrected chi connectivity index (χ2v) is 6.48. The summed E-state index contributed by atoms with van der Waals surface area (Å²) >= 11 is 0. The van der Waals surface area contributed by atoms with Crippen molar-refractivity contribution < 1.29 is 5.11 Å². The lowest BCUT2D eigenvalue weighted by atomic mass is 9.88. The molecule has 1 saturated carbocycles. The van der Waals surface area contributed by atoms with Crippen LogP contribution in [0.25, 0.3) is 0 Å². The molecule has 0 bridgehead atoms. The maximum Gasteiger partial charge on any atom is 0.0746 e. The summed E-state index contributed by atoms with van der Waals surface area (Å²) in [6.07, 6.45) is 6.06. The van der Waals surface area contributed by atoms with Crippen molar-refractivity contribution in [1.29, 1.82) is 0 Å². The molecule has 1 aliphatic heterocycles. The predicted molar refractivity (Wildman–Crippen MR) is 67.4 cm³/mol. The zero-order valence-corrected chi connectivity index (χ0v) is 11.2. The minimum Gasteiger partial charge on any atom is -0.391 e. The fourth-order valence-electron chi connectivity index (χ4n) is 3.76. The van der Waals surface area contributed by atoms with Crippen molar-refractivity contribution in [2.75, 3.05) is 0 Å². The quantitative estimate of drug-likeness (QED) is 0.781. The van der Waals surface area contributed by atoms with E-state index in [1.807, 2.05) is 0 Å². The van der Waals surface area contributed by atoms with Gasteiger partial charge in [-0.3, -0.25) is 4.90 Å². The lowest BCUT2D eigenvalue weighted by molar-refractivity contribution is -0.00263. The molecule has 0 spiro atoms. The summed E-state index contributed by atoms with van der Waals surface area (Å²) in [5, 5.41) is 10.5. The number of aliphatic hydroxyl groups is 1. The van der Waals surface area contributed by atoms with Crippen molar-refractivity contribution in [3.8, 4) is 0 Å². The van der Waals surface area contributed by atoms with E-state index in [9.17, 15) is 5.11 Å². The number of nitrogens with zero attached hydrogens (tertiary/aromatic N) is 1. The van der Waals surface area contributed by atoms with Crippen molar-refractivity contribution in [2.45, 2.75) is 84.0 Å². The van der Waals surface area contributed by atoms with E-state index in [2.05, 4.69) is 32.6 Å². The molecular weight excluding hydrogens is 198 g/mol. The first-order valence-corrected chi connectivity index (χ1v) is 6.93. The van der Waals surface area contributed by atoms with E-state index in [-0.39, 0.29) is 11.5 Å². The van der Waals surface area contributed by atoms with Crippen molar-refractivity contribution in [3.05, 3.63) is 0 Å². The number of hydrogen-bond acceptors (Lipinski definition) is 2. The van der Waals surface area contributed by atoms with Gasteiger partial charge in [-0.15, -0.1) is 0 Å². The molecule has 0 aromatic carbocycles. The zero-order valence-electron chi connectivity index (χ0n) is 11.2. The molecule has 0 aromatic rings. The van der Waals surface area contributed by atoms with E-state index >= 15 is 0 Å². The van der Waals surface area contributed by atoms with Crippen LogP contribution in [-0.4, -0.2) is 34.2 Å². The largest absolute Gasteiger partial charge is 0.391 e. The summed E-state index contributed by atoms with van der Waals surface area (Å²) in [4.78, 5) is 2.62. The highest BCUT2D eigenvalue weighted by atomic mass is 16.3. The van der Waals surface area contributed by atoms with Gasteiger partial charge in [0.1, 0.15) is 0 Å². The normalized spacial score (nSPS) is 44.1. The molecule has 1 N–H and O–H groups in total. The third-order valence-electron chi connectivity index (χ3n) is 4.95. The van der Waals surface area contributed by atoms with Crippen molar-refractivity contribution in [1.82, 2.24) is 4.90 Å². The Bertz CT molecular complexity index is 251. The van der Waals surface area contributed by atoms with E-state index in [1.54, 1.807) is 0 Å². The van der Waals surface area contributed by atoms with Crippen LogP contribution < -0.4 is 0 Å². The highest BCUT2D eigenvalue weighted by molar-refractivity contribution is 5.01. The van der Waals surface area contributed by atoms with Crippen LogP contribution in [0.1, 0.15) is 59.8 Å². The summed E-state index contributed by atoms with van der Waals surface area (Å²) in [7, 11) is 0. The Hall–Kier alpha value is -0.0800. The monoisotopic (exact) mass is 225 g/mol. The molecular formula is C14H27NO. The average Bonchev–Trinajstić information content (AvgIpc) is 2.71. The van der Waals surface area contributed by atoms with Crippen LogP contribution in [0.5, 0.6) is 0 Å². The molecule has 1 aliphatic carbocycles. The van der Waals surface area contributed by atoms with E-state index < -0.39 is 0 Å². The average molecular weight is 225 g/mol. The molecule has 2 heteroatoms. The van der Waals surface area contributed by atoms with Gasteiger partial charge in [0, 0.05) is 18.1 Å². The van der Waals surface area contributed by atoms with Gasteiger partial charge in [-0.2, -0.15) is 0 Å². The van der Waals surface area contributed by atoms with Gasteiger partial charge in [0.05, 0.1) is 6.10 Å². The molecule has 1 saturated heterocycles. The van der Waals surface area contributed by atoms with Crippen molar-refractivity contribution in [2.24, 2.45) is 5.41 Å². The summed E-state index contributed by atoms with van der Waals surface area (Å²) in [6.45, 7) is 9.02.